The highest BCUT2D eigenvalue weighted by Gasteiger charge is 2.18. The molecular weight excluding hydrogens is 224 g/mol. The van der Waals surface area contributed by atoms with Crippen molar-refractivity contribution in [2.24, 2.45) is 0 Å². The molecular formula is C14H26N4. The summed E-state index contributed by atoms with van der Waals surface area (Å²) >= 11 is 0. The van der Waals surface area contributed by atoms with Gasteiger partial charge in [-0.05, 0) is 38.9 Å². The first kappa shape index (κ1) is 13.6. The highest BCUT2D eigenvalue weighted by Crippen LogP contribution is 2.14. The monoisotopic (exact) mass is 250 g/mol. The number of aromatic nitrogens is 2. The van der Waals surface area contributed by atoms with Crippen molar-refractivity contribution in [2.45, 2.75) is 51.7 Å². The Morgan fingerprint density at radius 1 is 1.44 bits per heavy atom. The van der Waals surface area contributed by atoms with Gasteiger partial charge < -0.3 is 10.2 Å². The lowest BCUT2D eigenvalue weighted by Gasteiger charge is -2.32. The Labute approximate surface area is 110 Å². The third-order valence-corrected chi connectivity index (χ3v) is 3.85. The van der Waals surface area contributed by atoms with Crippen LogP contribution in [0.25, 0.3) is 0 Å². The van der Waals surface area contributed by atoms with Crippen LogP contribution in [-0.2, 0) is 13.1 Å². The summed E-state index contributed by atoms with van der Waals surface area (Å²) in [5.74, 6) is 0. The molecule has 0 radical (unpaired) electrons. The van der Waals surface area contributed by atoms with Crippen molar-refractivity contribution < 1.29 is 0 Å². The van der Waals surface area contributed by atoms with E-state index >= 15 is 0 Å². The van der Waals surface area contributed by atoms with E-state index in [9.17, 15) is 0 Å². The molecule has 1 fully saturated rings. The number of hydrogen-bond acceptors (Lipinski definition) is 3. The summed E-state index contributed by atoms with van der Waals surface area (Å²) in [6, 6.07) is 2.83. The van der Waals surface area contributed by atoms with E-state index in [2.05, 4.69) is 40.0 Å². The van der Waals surface area contributed by atoms with Crippen molar-refractivity contribution >= 4 is 0 Å². The highest BCUT2D eigenvalue weighted by molar-refractivity contribution is 5.00. The number of piperidine rings is 1. The molecule has 1 aromatic heterocycles. The summed E-state index contributed by atoms with van der Waals surface area (Å²) < 4.78 is 2.11. The third kappa shape index (κ3) is 3.56. The van der Waals surface area contributed by atoms with E-state index in [-0.39, 0.29) is 0 Å². The maximum atomic E-state index is 4.35. The van der Waals surface area contributed by atoms with Gasteiger partial charge in [-0.2, -0.15) is 5.10 Å². The first-order valence-corrected chi connectivity index (χ1v) is 7.23. The lowest BCUT2D eigenvalue weighted by molar-refractivity contribution is 0.181. The molecule has 4 heteroatoms. The molecule has 0 saturated carbocycles. The average Bonchev–Trinajstić information content (AvgIpc) is 2.80. The lowest BCUT2D eigenvalue weighted by Crippen LogP contribution is -2.43. The minimum atomic E-state index is 0.710. The van der Waals surface area contributed by atoms with Crippen LogP contribution in [0.1, 0.15) is 38.3 Å². The number of nitrogens with one attached hydrogen (secondary N) is 1. The van der Waals surface area contributed by atoms with Gasteiger partial charge in [0.2, 0.25) is 0 Å². The van der Waals surface area contributed by atoms with Crippen molar-refractivity contribution in [1.82, 2.24) is 20.0 Å². The molecule has 1 aliphatic heterocycles. The maximum absolute atomic E-state index is 4.35. The van der Waals surface area contributed by atoms with Crippen LogP contribution < -0.4 is 5.32 Å². The van der Waals surface area contributed by atoms with Crippen LogP contribution in [-0.4, -0.2) is 40.9 Å². The van der Waals surface area contributed by atoms with E-state index in [4.69, 9.17) is 0 Å². The summed E-state index contributed by atoms with van der Waals surface area (Å²) in [5.41, 5.74) is 1.30. The second-order valence-electron chi connectivity index (χ2n) is 5.31. The number of hydrogen-bond donors (Lipinski definition) is 1. The first-order chi connectivity index (χ1) is 8.81. The molecule has 1 aromatic rings. The second-order valence-corrected chi connectivity index (χ2v) is 5.31. The molecule has 0 aliphatic carbocycles. The molecule has 1 aliphatic rings. The zero-order valence-electron chi connectivity index (χ0n) is 11.7. The van der Waals surface area contributed by atoms with Gasteiger partial charge >= 0.3 is 0 Å². The summed E-state index contributed by atoms with van der Waals surface area (Å²) in [5, 5.41) is 7.94. The minimum Gasteiger partial charge on any atom is -0.310 e. The van der Waals surface area contributed by atoms with E-state index in [0.29, 0.717) is 6.04 Å². The molecule has 4 nitrogen and oxygen atoms in total. The molecule has 1 saturated heterocycles. The largest absolute Gasteiger partial charge is 0.310 e. The van der Waals surface area contributed by atoms with Crippen molar-refractivity contribution in [1.29, 1.82) is 0 Å². The fourth-order valence-electron chi connectivity index (χ4n) is 2.69. The minimum absolute atomic E-state index is 0.710. The fourth-order valence-corrected chi connectivity index (χ4v) is 2.69. The van der Waals surface area contributed by atoms with Crippen LogP contribution in [0.2, 0.25) is 0 Å². The lowest BCUT2D eigenvalue weighted by atomic mass is 10.0. The van der Waals surface area contributed by atoms with Crippen LogP contribution >= 0.6 is 0 Å². The van der Waals surface area contributed by atoms with Crippen molar-refractivity contribution in [2.75, 3.05) is 20.1 Å². The van der Waals surface area contributed by atoms with Crippen molar-refractivity contribution in [3.63, 3.8) is 0 Å². The zero-order chi connectivity index (χ0) is 12.8. The SMILES string of the molecule is CCCn1nccc1CNCC1CCCCN1C. The Hall–Kier alpha value is -0.870. The molecule has 1 N–H and O–H groups in total. The van der Waals surface area contributed by atoms with Gasteiger partial charge in [0.15, 0.2) is 0 Å². The molecule has 0 bridgehead atoms. The Bertz CT molecular complexity index is 347. The average molecular weight is 250 g/mol. The Balaban J connectivity index is 1.75. The number of nitrogens with zero attached hydrogens (tertiary/aromatic N) is 3. The quantitative estimate of drug-likeness (QED) is 0.836. The molecule has 0 aromatic carbocycles. The second kappa shape index (κ2) is 6.90. The normalized spacial score (nSPS) is 21.3. The zero-order valence-corrected chi connectivity index (χ0v) is 11.7. The van der Waals surface area contributed by atoms with Crippen LogP contribution in [0.5, 0.6) is 0 Å². The summed E-state index contributed by atoms with van der Waals surface area (Å²) in [6.07, 6.45) is 7.11. The van der Waals surface area contributed by atoms with Gasteiger partial charge in [-0.3, -0.25) is 4.68 Å². The molecule has 2 rings (SSSR count). The van der Waals surface area contributed by atoms with Gasteiger partial charge in [-0.15, -0.1) is 0 Å². The Morgan fingerprint density at radius 3 is 3.11 bits per heavy atom. The highest BCUT2D eigenvalue weighted by atomic mass is 15.3. The van der Waals surface area contributed by atoms with Gasteiger partial charge in [0.1, 0.15) is 0 Å². The van der Waals surface area contributed by atoms with E-state index in [1.54, 1.807) is 0 Å². The van der Waals surface area contributed by atoms with Gasteiger partial charge in [0, 0.05) is 31.9 Å². The van der Waals surface area contributed by atoms with Crippen LogP contribution in [0.4, 0.5) is 0 Å². The molecule has 1 unspecified atom stereocenters. The van der Waals surface area contributed by atoms with Gasteiger partial charge in [0.05, 0.1) is 5.69 Å². The molecule has 2 heterocycles. The van der Waals surface area contributed by atoms with Crippen LogP contribution in [0, 0.1) is 0 Å². The van der Waals surface area contributed by atoms with Crippen molar-refractivity contribution in [3.05, 3.63) is 18.0 Å². The van der Waals surface area contributed by atoms with Crippen LogP contribution in [0.15, 0.2) is 12.3 Å². The number of likely N-dealkylation sites (N-methyl/N-ethyl adjacent to an activating group) is 1. The first-order valence-electron chi connectivity index (χ1n) is 7.23. The molecule has 0 spiro atoms. The standard InChI is InChI=1S/C14H26N4/c1-3-9-18-14(7-8-16-18)12-15-11-13-6-4-5-10-17(13)2/h7-8,13,15H,3-6,9-12H2,1-2H3. The summed E-state index contributed by atoms with van der Waals surface area (Å²) in [4.78, 5) is 2.49. The number of aryl methyl sites for hydroxylation is 1. The molecule has 102 valence electrons. The third-order valence-electron chi connectivity index (χ3n) is 3.85. The van der Waals surface area contributed by atoms with E-state index < -0.39 is 0 Å². The van der Waals surface area contributed by atoms with Gasteiger partial charge in [-0.25, -0.2) is 0 Å². The molecule has 18 heavy (non-hydrogen) atoms. The molecule has 0 amide bonds. The fraction of sp³-hybridized carbons (Fsp3) is 0.786. The Kier molecular flexibility index (Phi) is 5.20. The number of rotatable bonds is 6. The summed E-state index contributed by atoms with van der Waals surface area (Å²) in [7, 11) is 2.24. The van der Waals surface area contributed by atoms with E-state index in [1.165, 1.54) is 31.5 Å². The van der Waals surface area contributed by atoms with Gasteiger partial charge in [-0.1, -0.05) is 13.3 Å². The topological polar surface area (TPSA) is 33.1 Å². The smallest absolute Gasteiger partial charge is 0.0522 e. The molecule has 1 atom stereocenters. The Morgan fingerprint density at radius 2 is 2.33 bits per heavy atom. The maximum Gasteiger partial charge on any atom is 0.0522 e. The van der Waals surface area contributed by atoms with Crippen molar-refractivity contribution in [3.8, 4) is 0 Å². The van der Waals surface area contributed by atoms with Crippen LogP contribution in [0.3, 0.4) is 0 Å². The predicted octanol–water partition coefficient (Wildman–Crippen LogP) is 1.87. The van der Waals surface area contributed by atoms with E-state index in [0.717, 1.165) is 26.1 Å². The number of likely N-dealkylation sites (tertiary alicyclic amines) is 1. The summed E-state index contributed by atoms with van der Waals surface area (Å²) in [6.45, 7) is 6.49. The predicted molar refractivity (Wildman–Crippen MR) is 74.5 cm³/mol. The van der Waals surface area contributed by atoms with E-state index in [1.807, 2.05) is 6.20 Å². The van der Waals surface area contributed by atoms with Gasteiger partial charge in [0.25, 0.3) is 0 Å².